The number of hydrogen-bond acceptors (Lipinski definition) is 3. The molecular formula is C13H16N2O. The van der Waals surface area contributed by atoms with Crippen molar-refractivity contribution in [2.24, 2.45) is 0 Å². The van der Waals surface area contributed by atoms with E-state index < -0.39 is 5.54 Å². The number of benzene rings is 1. The van der Waals surface area contributed by atoms with Gasteiger partial charge in [-0.1, -0.05) is 18.2 Å². The molecule has 1 aromatic rings. The molecule has 1 heterocycles. The topological polar surface area (TPSA) is 45.0 Å². The zero-order chi connectivity index (χ0) is 11.4. The predicted molar refractivity (Wildman–Crippen MR) is 62.1 cm³/mol. The summed E-state index contributed by atoms with van der Waals surface area (Å²) in [6.45, 7) is 0.894. The lowest BCUT2D eigenvalue weighted by molar-refractivity contribution is 0.314. The lowest BCUT2D eigenvalue weighted by atomic mass is 9.83. The van der Waals surface area contributed by atoms with Crippen molar-refractivity contribution < 1.29 is 4.74 Å². The minimum atomic E-state index is -0.565. The van der Waals surface area contributed by atoms with Gasteiger partial charge in [0.05, 0.1) is 13.2 Å². The number of para-hydroxylation sites is 1. The smallest absolute Gasteiger partial charge is 0.135 e. The largest absolute Gasteiger partial charge is 0.496 e. The van der Waals surface area contributed by atoms with Gasteiger partial charge < -0.3 is 4.74 Å². The molecule has 16 heavy (non-hydrogen) atoms. The second-order valence-electron chi connectivity index (χ2n) is 4.10. The van der Waals surface area contributed by atoms with Crippen LogP contribution >= 0.6 is 0 Å². The van der Waals surface area contributed by atoms with E-state index in [1.807, 2.05) is 24.3 Å². The minimum absolute atomic E-state index is 0.565. The van der Waals surface area contributed by atoms with Crippen LogP contribution in [0.1, 0.15) is 24.8 Å². The molecule has 1 atom stereocenters. The maximum absolute atomic E-state index is 9.45. The van der Waals surface area contributed by atoms with Crippen LogP contribution in [0.25, 0.3) is 0 Å². The summed E-state index contributed by atoms with van der Waals surface area (Å²) in [5, 5.41) is 12.8. The van der Waals surface area contributed by atoms with Crippen LogP contribution in [0.5, 0.6) is 5.75 Å². The van der Waals surface area contributed by atoms with Gasteiger partial charge >= 0.3 is 0 Å². The summed E-state index contributed by atoms with van der Waals surface area (Å²) in [6.07, 6.45) is 3.07. The molecule has 0 amide bonds. The zero-order valence-electron chi connectivity index (χ0n) is 9.49. The number of piperidine rings is 1. The van der Waals surface area contributed by atoms with E-state index in [0.29, 0.717) is 0 Å². The molecule has 1 aliphatic rings. The first-order valence-electron chi connectivity index (χ1n) is 5.62. The Balaban J connectivity index is 2.43. The first-order chi connectivity index (χ1) is 7.82. The number of rotatable bonds is 2. The Morgan fingerprint density at radius 1 is 1.38 bits per heavy atom. The van der Waals surface area contributed by atoms with Gasteiger partial charge in [0.25, 0.3) is 0 Å². The van der Waals surface area contributed by atoms with Gasteiger partial charge in [-0.05, 0) is 31.9 Å². The van der Waals surface area contributed by atoms with Crippen molar-refractivity contribution in [3.63, 3.8) is 0 Å². The molecule has 1 aliphatic heterocycles. The number of hydrogen-bond donors (Lipinski definition) is 1. The van der Waals surface area contributed by atoms with Crippen LogP contribution in [0.4, 0.5) is 0 Å². The molecule has 84 valence electrons. The molecule has 1 fully saturated rings. The van der Waals surface area contributed by atoms with Gasteiger partial charge in [-0.2, -0.15) is 5.26 Å². The van der Waals surface area contributed by atoms with Crippen LogP contribution in [0.2, 0.25) is 0 Å². The zero-order valence-corrected chi connectivity index (χ0v) is 9.49. The van der Waals surface area contributed by atoms with Crippen LogP contribution in [0.15, 0.2) is 24.3 Å². The Kier molecular flexibility index (Phi) is 3.12. The Labute approximate surface area is 96.0 Å². The average Bonchev–Trinajstić information content (AvgIpc) is 2.39. The first kappa shape index (κ1) is 11.0. The lowest BCUT2D eigenvalue weighted by Gasteiger charge is -2.33. The standard InChI is InChI=1S/C13H16N2O/c1-16-12-7-3-2-6-11(12)13(10-14)8-4-5-9-15-13/h2-3,6-7,15H,4-5,8-9H2,1H3. The van der Waals surface area contributed by atoms with Gasteiger partial charge in [-0.15, -0.1) is 0 Å². The van der Waals surface area contributed by atoms with Crippen molar-refractivity contribution in [3.8, 4) is 11.8 Å². The highest BCUT2D eigenvalue weighted by Gasteiger charge is 2.35. The highest BCUT2D eigenvalue weighted by atomic mass is 16.5. The molecule has 0 bridgehead atoms. The van der Waals surface area contributed by atoms with Crippen molar-refractivity contribution in [2.75, 3.05) is 13.7 Å². The maximum Gasteiger partial charge on any atom is 0.135 e. The van der Waals surface area contributed by atoms with Crippen LogP contribution < -0.4 is 10.1 Å². The molecule has 1 aromatic carbocycles. The van der Waals surface area contributed by atoms with Crippen molar-refractivity contribution >= 4 is 0 Å². The second kappa shape index (κ2) is 4.54. The van der Waals surface area contributed by atoms with E-state index in [0.717, 1.165) is 37.1 Å². The normalized spacial score (nSPS) is 24.8. The van der Waals surface area contributed by atoms with Crippen LogP contribution in [-0.4, -0.2) is 13.7 Å². The van der Waals surface area contributed by atoms with E-state index in [4.69, 9.17) is 4.74 Å². The molecule has 0 spiro atoms. The van der Waals surface area contributed by atoms with Gasteiger partial charge in [0.1, 0.15) is 11.3 Å². The van der Waals surface area contributed by atoms with Crippen LogP contribution in [-0.2, 0) is 5.54 Å². The summed E-state index contributed by atoms with van der Waals surface area (Å²) in [4.78, 5) is 0. The molecule has 1 N–H and O–H groups in total. The molecule has 0 saturated carbocycles. The highest BCUT2D eigenvalue weighted by molar-refractivity contribution is 5.43. The van der Waals surface area contributed by atoms with Gasteiger partial charge in [-0.3, -0.25) is 5.32 Å². The SMILES string of the molecule is COc1ccccc1C1(C#N)CCCCN1. The highest BCUT2D eigenvalue weighted by Crippen LogP contribution is 2.35. The summed E-state index contributed by atoms with van der Waals surface area (Å²) < 4.78 is 5.33. The minimum Gasteiger partial charge on any atom is -0.496 e. The molecule has 0 radical (unpaired) electrons. The predicted octanol–water partition coefficient (Wildman–Crippen LogP) is 2.19. The van der Waals surface area contributed by atoms with E-state index in [-0.39, 0.29) is 0 Å². The van der Waals surface area contributed by atoms with E-state index >= 15 is 0 Å². The average molecular weight is 216 g/mol. The fourth-order valence-electron chi connectivity index (χ4n) is 2.29. The maximum atomic E-state index is 9.45. The van der Waals surface area contributed by atoms with Gasteiger partial charge in [0.2, 0.25) is 0 Å². The molecule has 0 aliphatic carbocycles. The number of nitrogens with one attached hydrogen (secondary N) is 1. The number of ether oxygens (including phenoxy) is 1. The Morgan fingerprint density at radius 3 is 2.81 bits per heavy atom. The van der Waals surface area contributed by atoms with E-state index in [1.165, 1.54) is 0 Å². The van der Waals surface area contributed by atoms with Crippen molar-refractivity contribution in [1.82, 2.24) is 5.32 Å². The summed E-state index contributed by atoms with van der Waals surface area (Å²) in [6, 6.07) is 10.2. The second-order valence-corrected chi connectivity index (χ2v) is 4.10. The summed E-state index contributed by atoms with van der Waals surface area (Å²) in [5.74, 6) is 0.790. The monoisotopic (exact) mass is 216 g/mol. The Bertz CT molecular complexity index is 403. The van der Waals surface area contributed by atoms with E-state index in [1.54, 1.807) is 7.11 Å². The summed E-state index contributed by atoms with van der Waals surface area (Å²) in [5.41, 5.74) is 0.393. The Hall–Kier alpha value is -1.53. The van der Waals surface area contributed by atoms with Crippen LogP contribution in [0.3, 0.4) is 0 Å². The third-order valence-corrected chi connectivity index (χ3v) is 3.16. The lowest BCUT2D eigenvalue weighted by Crippen LogP contribution is -2.44. The summed E-state index contributed by atoms with van der Waals surface area (Å²) in [7, 11) is 1.65. The quantitative estimate of drug-likeness (QED) is 0.824. The molecule has 0 aromatic heterocycles. The molecule has 2 rings (SSSR count). The molecule has 3 heteroatoms. The third kappa shape index (κ3) is 1.77. The molecule has 3 nitrogen and oxygen atoms in total. The van der Waals surface area contributed by atoms with E-state index in [9.17, 15) is 5.26 Å². The third-order valence-electron chi connectivity index (χ3n) is 3.16. The van der Waals surface area contributed by atoms with Crippen LogP contribution in [0, 0.1) is 11.3 Å². The van der Waals surface area contributed by atoms with E-state index in [2.05, 4.69) is 11.4 Å². The molecular weight excluding hydrogens is 200 g/mol. The van der Waals surface area contributed by atoms with Crippen molar-refractivity contribution in [2.45, 2.75) is 24.8 Å². The fourth-order valence-corrected chi connectivity index (χ4v) is 2.29. The molecule has 1 saturated heterocycles. The number of nitrogens with zero attached hydrogens (tertiary/aromatic N) is 1. The van der Waals surface area contributed by atoms with Crippen molar-refractivity contribution in [1.29, 1.82) is 5.26 Å². The first-order valence-corrected chi connectivity index (χ1v) is 5.62. The molecule has 1 unspecified atom stereocenters. The summed E-state index contributed by atoms with van der Waals surface area (Å²) >= 11 is 0. The fraction of sp³-hybridized carbons (Fsp3) is 0.462. The number of nitriles is 1. The van der Waals surface area contributed by atoms with Crippen molar-refractivity contribution in [3.05, 3.63) is 29.8 Å². The van der Waals surface area contributed by atoms with Gasteiger partial charge in [0.15, 0.2) is 0 Å². The van der Waals surface area contributed by atoms with Gasteiger partial charge in [0, 0.05) is 5.56 Å². The number of methoxy groups -OCH3 is 1. The van der Waals surface area contributed by atoms with Gasteiger partial charge in [-0.25, -0.2) is 0 Å². The Morgan fingerprint density at radius 2 is 2.19 bits per heavy atom.